The van der Waals surface area contributed by atoms with Crippen molar-refractivity contribution in [3.05, 3.63) is 72.3 Å². The lowest BCUT2D eigenvalue weighted by Gasteiger charge is -2.27. The number of nitrogens with zero attached hydrogens (tertiary/aromatic N) is 1. The molecule has 0 heterocycles. The maximum absolute atomic E-state index is 12.3. The van der Waals surface area contributed by atoms with E-state index in [1.807, 2.05) is 66.7 Å². The average Bonchev–Trinajstić information content (AvgIpc) is 2.74. The van der Waals surface area contributed by atoms with E-state index in [0.717, 1.165) is 28.6 Å². The molecule has 0 fully saturated rings. The summed E-state index contributed by atoms with van der Waals surface area (Å²) in [6, 6.07) is 22.1. The standard InChI is InChI=1S/C25H29N3O2/c1-4-28(18(2)3)22-14-12-21(13-15-22)27-25(30)17-26-24(29)16-20-10-7-9-19-8-5-6-11-23(19)20/h5-15,18H,4,16-17H2,1-3H3,(H,26,29)(H,27,30). The fourth-order valence-electron chi connectivity index (χ4n) is 3.65. The Labute approximate surface area is 178 Å². The summed E-state index contributed by atoms with van der Waals surface area (Å²) < 4.78 is 0. The molecule has 156 valence electrons. The second-order valence-electron chi connectivity index (χ2n) is 7.57. The molecule has 0 radical (unpaired) electrons. The van der Waals surface area contributed by atoms with E-state index in [-0.39, 0.29) is 24.8 Å². The van der Waals surface area contributed by atoms with Crippen molar-refractivity contribution in [3.8, 4) is 0 Å². The second kappa shape index (κ2) is 9.92. The normalized spacial score (nSPS) is 10.8. The monoisotopic (exact) mass is 403 g/mol. The summed E-state index contributed by atoms with van der Waals surface area (Å²) in [6.07, 6.45) is 0.241. The van der Waals surface area contributed by atoms with Crippen molar-refractivity contribution in [2.75, 3.05) is 23.3 Å². The molecule has 5 heteroatoms. The summed E-state index contributed by atoms with van der Waals surface area (Å²) in [7, 11) is 0. The molecule has 0 aliphatic rings. The van der Waals surface area contributed by atoms with E-state index in [2.05, 4.69) is 36.3 Å². The van der Waals surface area contributed by atoms with Gasteiger partial charge in [-0.05, 0) is 61.4 Å². The first-order chi connectivity index (χ1) is 14.5. The summed E-state index contributed by atoms with van der Waals surface area (Å²) in [5, 5.41) is 7.70. The molecule has 0 aliphatic heterocycles. The van der Waals surface area contributed by atoms with Crippen molar-refractivity contribution >= 4 is 34.0 Å². The minimum atomic E-state index is -0.245. The molecule has 3 rings (SSSR count). The van der Waals surface area contributed by atoms with Crippen LogP contribution in [-0.2, 0) is 16.0 Å². The number of carbonyl (C=O) groups is 2. The van der Waals surface area contributed by atoms with Gasteiger partial charge in [0.25, 0.3) is 0 Å². The number of hydrogen-bond donors (Lipinski definition) is 2. The van der Waals surface area contributed by atoms with Gasteiger partial charge >= 0.3 is 0 Å². The fraction of sp³-hybridized carbons (Fsp3) is 0.280. The van der Waals surface area contributed by atoms with Gasteiger partial charge in [0.05, 0.1) is 13.0 Å². The van der Waals surface area contributed by atoms with Gasteiger partial charge < -0.3 is 15.5 Å². The number of anilines is 2. The molecule has 0 aromatic heterocycles. The molecule has 3 aromatic carbocycles. The van der Waals surface area contributed by atoms with Crippen LogP contribution in [0, 0.1) is 0 Å². The molecule has 0 aliphatic carbocycles. The van der Waals surface area contributed by atoms with E-state index in [1.54, 1.807) is 0 Å². The first-order valence-electron chi connectivity index (χ1n) is 10.4. The molecule has 0 atom stereocenters. The number of carbonyl (C=O) groups excluding carboxylic acids is 2. The summed E-state index contributed by atoms with van der Waals surface area (Å²) in [6.45, 7) is 7.29. The Morgan fingerprint density at radius 2 is 1.60 bits per heavy atom. The van der Waals surface area contributed by atoms with Crippen LogP contribution in [0.5, 0.6) is 0 Å². The molecule has 0 bridgehead atoms. The van der Waals surface area contributed by atoms with Crippen molar-refractivity contribution in [3.63, 3.8) is 0 Å². The van der Waals surface area contributed by atoms with Crippen LogP contribution >= 0.6 is 0 Å². The van der Waals surface area contributed by atoms with Gasteiger partial charge in [-0.15, -0.1) is 0 Å². The fourth-order valence-corrected chi connectivity index (χ4v) is 3.65. The highest BCUT2D eigenvalue weighted by atomic mass is 16.2. The molecule has 0 saturated carbocycles. The van der Waals surface area contributed by atoms with E-state index in [4.69, 9.17) is 0 Å². The minimum absolute atomic E-state index is 0.0571. The molecule has 0 spiro atoms. The summed E-state index contributed by atoms with van der Waals surface area (Å²) in [4.78, 5) is 26.8. The van der Waals surface area contributed by atoms with Gasteiger partial charge in [0, 0.05) is 24.0 Å². The lowest BCUT2D eigenvalue weighted by Crippen LogP contribution is -2.33. The number of benzene rings is 3. The minimum Gasteiger partial charge on any atom is -0.369 e. The maximum atomic E-state index is 12.3. The molecule has 2 amide bonds. The highest BCUT2D eigenvalue weighted by Crippen LogP contribution is 2.20. The van der Waals surface area contributed by atoms with E-state index in [0.29, 0.717) is 11.7 Å². The van der Waals surface area contributed by atoms with Crippen LogP contribution in [0.15, 0.2) is 66.7 Å². The van der Waals surface area contributed by atoms with E-state index in [1.165, 1.54) is 0 Å². The Morgan fingerprint density at radius 1 is 0.900 bits per heavy atom. The topological polar surface area (TPSA) is 61.4 Å². The molecule has 0 saturated heterocycles. The van der Waals surface area contributed by atoms with Crippen LogP contribution in [0.3, 0.4) is 0 Å². The van der Waals surface area contributed by atoms with E-state index in [9.17, 15) is 9.59 Å². The van der Waals surface area contributed by atoms with Crippen molar-refractivity contribution in [1.29, 1.82) is 0 Å². The van der Waals surface area contributed by atoms with Gasteiger partial charge in [-0.25, -0.2) is 0 Å². The highest BCUT2D eigenvalue weighted by molar-refractivity contribution is 5.96. The quantitative estimate of drug-likeness (QED) is 0.587. The van der Waals surface area contributed by atoms with Crippen LogP contribution < -0.4 is 15.5 Å². The van der Waals surface area contributed by atoms with Crippen LogP contribution in [0.2, 0.25) is 0 Å². The Balaban J connectivity index is 1.52. The average molecular weight is 404 g/mol. The SMILES string of the molecule is CCN(c1ccc(NC(=O)CNC(=O)Cc2cccc3ccccc23)cc1)C(C)C. The lowest BCUT2D eigenvalue weighted by molar-refractivity contribution is -0.123. The molecular weight excluding hydrogens is 374 g/mol. The molecular formula is C25H29N3O2. The van der Waals surface area contributed by atoms with Gasteiger partial charge in [-0.2, -0.15) is 0 Å². The zero-order chi connectivity index (χ0) is 21.5. The van der Waals surface area contributed by atoms with E-state index < -0.39 is 0 Å². The Bertz CT molecular complexity index is 1010. The first kappa shape index (κ1) is 21.4. The first-order valence-corrected chi connectivity index (χ1v) is 10.4. The van der Waals surface area contributed by atoms with E-state index >= 15 is 0 Å². The van der Waals surface area contributed by atoms with Crippen molar-refractivity contribution in [1.82, 2.24) is 5.32 Å². The van der Waals surface area contributed by atoms with Crippen LogP contribution in [-0.4, -0.2) is 30.9 Å². The smallest absolute Gasteiger partial charge is 0.243 e. The van der Waals surface area contributed by atoms with Crippen LogP contribution in [0.1, 0.15) is 26.3 Å². The van der Waals surface area contributed by atoms with Crippen molar-refractivity contribution < 1.29 is 9.59 Å². The summed E-state index contributed by atoms with van der Waals surface area (Å²) in [5.41, 5.74) is 2.79. The number of fused-ring (bicyclic) bond motifs is 1. The van der Waals surface area contributed by atoms with Gasteiger partial charge in [-0.1, -0.05) is 42.5 Å². The largest absolute Gasteiger partial charge is 0.369 e. The highest BCUT2D eigenvalue weighted by Gasteiger charge is 2.11. The molecule has 0 unspecified atom stereocenters. The molecule has 5 nitrogen and oxygen atoms in total. The maximum Gasteiger partial charge on any atom is 0.243 e. The predicted octanol–water partition coefficient (Wildman–Crippen LogP) is 4.37. The third-order valence-electron chi connectivity index (χ3n) is 5.12. The molecule has 3 aromatic rings. The van der Waals surface area contributed by atoms with Crippen molar-refractivity contribution in [2.24, 2.45) is 0 Å². The number of amides is 2. The summed E-state index contributed by atoms with van der Waals surface area (Å²) in [5.74, 6) is -0.419. The Hall–Kier alpha value is -3.34. The van der Waals surface area contributed by atoms with Gasteiger partial charge in [-0.3, -0.25) is 9.59 Å². The third kappa shape index (κ3) is 5.38. The Kier molecular flexibility index (Phi) is 7.07. The zero-order valence-electron chi connectivity index (χ0n) is 17.8. The number of hydrogen-bond acceptors (Lipinski definition) is 3. The number of nitrogens with one attached hydrogen (secondary N) is 2. The predicted molar refractivity (Wildman–Crippen MR) is 124 cm³/mol. The van der Waals surface area contributed by atoms with Gasteiger partial charge in [0.2, 0.25) is 11.8 Å². The summed E-state index contributed by atoms with van der Waals surface area (Å²) >= 11 is 0. The molecule has 30 heavy (non-hydrogen) atoms. The Morgan fingerprint density at radius 3 is 2.30 bits per heavy atom. The van der Waals surface area contributed by atoms with Crippen LogP contribution in [0.4, 0.5) is 11.4 Å². The van der Waals surface area contributed by atoms with Gasteiger partial charge in [0.1, 0.15) is 0 Å². The lowest BCUT2D eigenvalue weighted by atomic mass is 10.0. The number of rotatable bonds is 8. The van der Waals surface area contributed by atoms with Gasteiger partial charge in [0.15, 0.2) is 0 Å². The zero-order valence-corrected chi connectivity index (χ0v) is 17.8. The van der Waals surface area contributed by atoms with Crippen LogP contribution in [0.25, 0.3) is 10.8 Å². The molecule has 2 N–H and O–H groups in total. The second-order valence-corrected chi connectivity index (χ2v) is 7.57. The third-order valence-corrected chi connectivity index (χ3v) is 5.12. The van der Waals surface area contributed by atoms with Crippen molar-refractivity contribution in [2.45, 2.75) is 33.2 Å².